The van der Waals surface area contributed by atoms with E-state index in [0.29, 0.717) is 0 Å². The third kappa shape index (κ3) is 2.99. The highest BCUT2D eigenvalue weighted by Gasteiger charge is 2.34. The Morgan fingerprint density at radius 1 is 1.14 bits per heavy atom. The molecule has 2 fully saturated rings. The summed E-state index contributed by atoms with van der Waals surface area (Å²) < 4.78 is 0. The maximum Gasteiger partial charge on any atom is 0.00388 e. The Kier molecular flexibility index (Phi) is 6.38. The normalized spacial score (nSPS) is 31.9. The highest BCUT2D eigenvalue weighted by molar-refractivity contribution is 5.85. The van der Waals surface area contributed by atoms with Gasteiger partial charge in [-0.2, -0.15) is 0 Å². The number of nitrogens with zero attached hydrogens (tertiary/aromatic N) is 1. The summed E-state index contributed by atoms with van der Waals surface area (Å²) in [6.45, 7) is 9.80. The van der Waals surface area contributed by atoms with E-state index in [1.807, 2.05) is 0 Å². The van der Waals surface area contributed by atoms with Crippen molar-refractivity contribution in [1.29, 1.82) is 0 Å². The van der Waals surface area contributed by atoms with Gasteiger partial charge >= 0.3 is 0 Å². The molecule has 14 heavy (non-hydrogen) atoms. The minimum atomic E-state index is 0. The number of hydrogen-bond acceptors (Lipinski definition) is 2. The van der Waals surface area contributed by atoms with E-state index in [1.54, 1.807) is 0 Å². The number of halogens is 2. The Morgan fingerprint density at radius 2 is 1.79 bits per heavy atom. The highest BCUT2D eigenvalue weighted by atomic mass is 35.5. The second-order valence-electron chi connectivity index (χ2n) is 4.56. The summed E-state index contributed by atoms with van der Waals surface area (Å²) in [6.07, 6.45) is 1.40. The van der Waals surface area contributed by atoms with Gasteiger partial charge in [-0.1, -0.05) is 0 Å². The molecule has 2 aliphatic heterocycles. The van der Waals surface area contributed by atoms with Gasteiger partial charge in [-0.15, -0.1) is 24.8 Å². The number of hydrogen-bond donors (Lipinski definition) is 1. The van der Waals surface area contributed by atoms with Crippen LogP contribution in [0.2, 0.25) is 0 Å². The summed E-state index contributed by atoms with van der Waals surface area (Å²) in [5.41, 5.74) is 0. The molecule has 2 rings (SSSR count). The van der Waals surface area contributed by atoms with Gasteiger partial charge in [-0.25, -0.2) is 0 Å². The molecule has 2 saturated heterocycles. The molecule has 2 unspecified atom stereocenters. The lowest BCUT2D eigenvalue weighted by molar-refractivity contribution is 0.262. The van der Waals surface area contributed by atoms with Crippen molar-refractivity contribution in [3.8, 4) is 0 Å². The fourth-order valence-corrected chi connectivity index (χ4v) is 2.53. The summed E-state index contributed by atoms with van der Waals surface area (Å²) >= 11 is 0. The van der Waals surface area contributed by atoms with E-state index in [2.05, 4.69) is 24.1 Å². The molecule has 2 atom stereocenters. The summed E-state index contributed by atoms with van der Waals surface area (Å²) in [6, 6.07) is 0.746. The molecular formula is C10H22Cl2N2. The van der Waals surface area contributed by atoms with Crippen molar-refractivity contribution in [2.45, 2.75) is 26.3 Å². The van der Waals surface area contributed by atoms with Crippen LogP contribution in [-0.2, 0) is 0 Å². The van der Waals surface area contributed by atoms with Gasteiger partial charge in [-0.05, 0) is 45.2 Å². The summed E-state index contributed by atoms with van der Waals surface area (Å²) in [4.78, 5) is 2.63. The lowest BCUT2D eigenvalue weighted by atomic mass is 9.90. The van der Waals surface area contributed by atoms with Crippen LogP contribution in [0.1, 0.15) is 20.3 Å². The van der Waals surface area contributed by atoms with E-state index in [9.17, 15) is 0 Å². The van der Waals surface area contributed by atoms with Crippen molar-refractivity contribution < 1.29 is 0 Å². The zero-order valence-electron chi connectivity index (χ0n) is 9.03. The van der Waals surface area contributed by atoms with Crippen LogP contribution in [0.3, 0.4) is 0 Å². The van der Waals surface area contributed by atoms with E-state index in [-0.39, 0.29) is 24.8 Å². The Labute approximate surface area is 99.6 Å². The molecule has 86 valence electrons. The zero-order chi connectivity index (χ0) is 8.55. The molecule has 0 aromatic heterocycles. The number of likely N-dealkylation sites (tertiary alicyclic amines) is 1. The van der Waals surface area contributed by atoms with Crippen molar-refractivity contribution in [2.75, 3.05) is 26.2 Å². The molecule has 2 nitrogen and oxygen atoms in total. The van der Waals surface area contributed by atoms with Crippen LogP contribution in [0.15, 0.2) is 0 Å². The number of nitrogens with one attached hydrogen (secondary N) is 1. The first kappa shape index (κ1) is 14.5. The van der Waals surface area contributed by atoms with E-state index in [4.69, 9.17) is 0 Å². The predicted octanol–water partition coefficient (Wildman–Crippen LogP) is 1.78. The molecule has 0 aromatic carbocycles. The second kappa shape index (κ2) is 6.16. The number of rotatable bonds is 1. The quantitative estimate of drug-likeness (QED) is 0.752. The van der Waals surface area contributed by atoms with Gasteiger partial charge in [0.15, 0.2) is 0 Å². The number of piperidine rings is 1. The largest absolute Gasteiger partial charge is 0.316 e. The van der Waals surface area contributed by atoms with Gasteiger partial charge in [0.2, 0.25) is 0 Å². The first-order valence-electron chi connectivity index (χ1n) is 5.22. The molecule has 1 N–H and O–H groups in total. The first-order chi connectivity index (χ1) is 5.77. The van der Waals surface area contributed by atoms with E-state index in [0.717, 1.165) is 17.9 Å². The zero-order valence-corrected chi connectivity index (χ0v) is 10.7. The van der Waals surface area contributed by atoms with Gasteiger partial charge in [-0.3, -0.25) is 0 Å². The van der Waals surface area contributed by atoms with Crippen LogP contribution in [-0.4, -0.2) is 37.1 Å². The first-order valence-corrected chi connectivity index (χ1v) is 5.22. The average molecular weight is 241 g/mol. The van der Waals surface area contributed by atoms with E-state index in [1.165, 1.54) is 32.6 Å². The molecule has 0 aliphatic carbocycles. The van der Waals surface area contributed by atoms with Crippen molar-refractivity contribution in [1.82, 2.24) is 10.2 Å². The standard InChI is InChI=1S/C10H20N2.2ClH/c1-8(2)12-6-9-3-4-11-5-10(9)7-12;;/h8-11H,3-7H2,1-2H3;2*1H. The van der Waals surface area contributed by atoms with Crippen LogP contribution in [0.25, 0.3) is 0 Å². The van der Waals surface area contributed by atoms with Crippen LogP contribution in [0.4, 0.5) is 0 Å². The Balaban J connectivity index is 0.000000845. The van der Waals surface area contributed by atoms with Crippen molar-refractivity contribution in [2.24, 2.45) is 11.8 Å². The molecule has 0 spiro atoms. The average Bonchev–Trinajstić information content (AvgIpc) is 2.46. The molecule has 2 aliphatic rings. The smallest absolute Gasteiger partial charge is 0.00388 e. The van der Waals surface area contributed by atoms with Crippen LogP contribution < -0.4 is 5.32 Å². The number of fused-ring (bicyclic) bond motifs is 1. The Morgan fingerprint density at radius 3 is 2.36 bits per heavy atom. The fraction of sp³-hybridized carbons (Fsp3) is 1.00. The third-order valence-electron chi connectivity index (χ3n) is 3.43. The third-order valence-corrected chi connectivity index (χ3v) is 3.43. The lowest BCUT2D eigenvalue weighted by Crippen LogP contribution is -2.35. The van der Waals surface area contributed by atoms with Crippen molar-refractivity contribution in [3.05, 3.63) is 0 Å². The monoisotopic (exact) mass is 240 g/mol. The predicted molar refractivity (Wildman–Crippen MR) is 65.7 cm³/mol. The molecule has 0 bridgehead atoms. The molecule has 0 radical (unpaired) electrons. The minimum absolute atomic E-state index is 0. The Bertz CT molecular complexity index is 150. The maximum absolute atomic E-state index is 3.49. The maximum atomic E-state index is 3.49. The second-order valence-corrected chi connectivity index (χ2v) is 4.56. The molecule has 0 amide bonds. The summed E-state index contributed by atoms with van der Waals surface area (Å²) in [5, 5.41) is 3.49. The van der Waals surface area contributed by atoms with Gasteiger partial charge < -0.3 is 10.2 Å². The van der Waals surface area contributed by atoms with Gasteiger partial charge in [0.1, 0.15) is 0 Å². The van der Waals surface area contributed by atoms with Gasteiger partial charge in [0, 0.05) is 19.1 Å². The van der Waals surface area contributed by atoms with Gasteiger partial charge in [0.25, 0.3) is 0 Å². The molecule has 0 saturated carbocycles. The van der Waals surface area contributed by atoms with Crippen LogP contribution in [0.5, 0.6) is 0 Å². The molecule has 4 heteroatoms. The summed E-state index contributed by atoms with van der Waals surface area (Å²) in [5.74, 6) is 1.94. The van der Waals surface area contributed by atoms with E-state index < -0.39 is 0 Å². The van der Waals surface area contributed by atoms with Crippen molar-refractivity contribution in [3.63, 3.8) is 0 Å². The lowest BCUT2D eigenvalue weighted by Gasteiger charge is -2.24. The van der Waals surface area contributed by atoms with Gasteiger partial charge in [0.05, 0.1) is 0 Å². The van der Waals surface area contributed by atoms with Crippen molar-refractivity contribution >= 4 is 24.8 Å². The van der Waals surface area contributed by atoms with Crippen LogP contribution >= 0.6 is 24.8 Å². The Hall–Kier alpha value is 0.500. The topological polar surface area (TPSA) is 15.3 Å². The fourth-order valence-electron chi connectivity index (χ4n) is 2.53. The molecular weight excluding hydrogens is 219 g/mol. The van der Waals surface area contributed by atoms with Crippen LogP contribution in [0, 0.1) is 11.8 Å². The summed E-state index contributed by atoms with van der Waals surface area (Å²) in [7, 11) is 0. The SMILES string of the molecule is CC(C)N1CC2CCNCC2C1.Cl.Cl. The highest BCUT2D eigenvalue weighted by Crippen LogP contribution is 2.28. The minimum Gasteiger partial charge on any atom is -0.316 e. The molecule has 0 aromatic rings. The van der Waals surface area contributed by atoms with E-state index >= 15 is 0 Å². The molecule has 2 heterocycles.